The van der Waals surface area contributed by atoms with Crippen molar-refractivity contribution in [2.75, 3.05) is 24.4 Å². The van der Waals surface area contributed by atoms with Crippen LogP contribution in [0.1, 0.15) is 26.8 Å². The van der Waals surface area contributed by atoms with Gasteiger partial charge in [0.15, 0.2) is 11.5 Å². The summed E-state index contributed by atoms with van der Waals surface area (Å²) in [6.45, 7) is -2.21. The lowest BCUT2D eigenvalue weighted by molar-refractivity contribution is -0.117. The van der Waals surface area contributed by atoms with Crippen LogP contribution >= 0.6 is 0 Å². The maximum Gasteiger partial charge on any atom is 0.231 e. The van der Waals surface area contributed by atoms with Gasteiger partial charge in [0.05, 0.1) is 11.8 Å². The second kappa shape index (κ2) is 6.95. The Morgan fingerprint density at radius 2 is 1.97 bits per heavy atom. The fourth-order valence-corrected chi connectivity index (χ4v) is 2.97. The Kier molecular flexibility index (Phi) is 3.62. The summed E-state index contributed by atoms with van der Waals surface area (Å²) in [7, 11) is 1.77. The molecule has 3 aromatic rings. The van der Waals surface area contributed by atoms with E-state index in [1.165, 1.54) is 12.3 Å². The first-order valence-corrected chi connectivity index (χ1v) is 9.09. The van der Waals surface area contributed by atoms with Gasteiger partial charge in [-0.15, -0.1) is 0 Å². The van der Waals surface area contributed by atoms with E-state index in [0.29, 0.717) is 22.9 Å². The zero-order chi connectivity index (χ0) is 21.6. The number of carbonyl (C=O) groups excluding carboxylic acids is 1. The smallest absolute Gasteiger partial charge is 0.231 e. The number of anilines is 2. The van der Waals surface area contributed by atoms with Crippen molar-refractivity contribution in [1.29, 1.82) is 0 Å². The molecular formula is C21H17N5O3. The maximum atomic E-state index is 12.1. The second-order valence-corrected chi connectivity index (χ2v) is 6.70. The number of carbonyl (C=O) groups is 1. The highest BCUT2D eigenvalue weighted by Crippen LogP contribution is 2.32. The number of fused-ring (bicyclic) bond motifs is 2. The first-order chi connectivity index (χ1) is 14.9. The second-order valence-electron chi connectivity index (χ2n) is 6.70. The van der Waals surface area contributed by atoms with Crippen molar-refractivity contribution in [2.45, 2.75) is 12.8 Å². The van der Waals surface area contributed by atoms with Crippen LogP contribution in [0, 0.1) is 17.8 Å². The highest BCUT2D eigenvalue weighted by molar-refractivity contribution is 5.99. The van der Waals surface area contributed by atoms with Crippen LogP contribution in [-0.4, -0.2) is 34.7 Å². The monoisotopic (exact) mass is 389 g/mol. The third-order valence-electron chi connectivity index (χ3n) is 4.67. The molecule has 0 unspecified atom stereocenters. The summed E-state index contributed by atoms with van der Waals surface area (Å²) in [5.41, 5.74) is 1.02. The standard InChI is InChI=1S/C21H17N5O3/c1-22-20-16-9-24-19(26-21(27)12-2-3-12)7-15(16)13(8-25-20)4-5-14-6-17-18(10-23-14)29-11-28-17/h6-10,12H,2-3,11H2,1H3,(H,22,25)(H,24,26,27)/i11D2. The van der Waals surface area contributed by atoms with Crippen molar-refractivity contribution in [1.82, 2.24) is 15.0 Å². The lowest BCUT2D eigenvalue weighted by atomic mass is 10.1. The van der Waals surface area contributed by atoms with Gasteiger partial charge in [0.1, 0.15) is 20.1 Å². The zero-order valence-corrected chi connectivity index (χ0v) is 15.4. The Morgan fingerprint density at radius 3 is 2.79 bits per heavy atom. The Balaban J connectivity index is 1.51. The van der Waals surface area contributed by atoms with Crippen molar-refractivity contribution in [3.05, 3.63) is 42.0 Å². The Bertz CT molecular complexity index is 1280. The summed E-state index contributed by atoms with van der Waals surface area (Å²) in [6.07, 6.45) is 6.49. The number of aromatic nitrogens is 3. The summed E-state index contributed by atoms with van der Waals surface area (Å²) in [4.78, 5) is 25.0. The molecule has 29 heavy (non-hydrogen) atoms. The normalized spacial score (nSPS) is 17.0. The molecule has 0 bridgehead atoms. The quantitative estimate of drug-likeness (QED) is 0.664. The van der Waals surface area contributed by atoms with Gasteiger partial charge in [0.2, 0.25) is 12.7 Å². The third-order valence-corrected chi connectivity index (χ3v) is 4.67. The van der Waals surface area contributed by atoms with E-state index < -0.39 is 6.75 Å². The minimum absolute atomic E-state index is 0.0215. The van der Waals surface area contributed by atoms with Crippen LogP contribution in [0.2, 0.25) is 0 Å². The summed E-state index contributed by atoms with van der Waals surface area (Å²) in [6, 6.07) is 3.30. The van der Waals surface area contributed by atoms with Crippen molar-refractivity contribution < 1.29 is 17.0 Å². The van der Waals surface area contributed by atoms with Gasteiger partial charge < -0.3 is 20.1 Å². The molecule has 1 saturated carbocycles. The van der Waals surface area contributed by atoms with Crippen LogP contribution in [0.5, 0.6) is 11.5 Å². The topological polar surface area (TPSA) is 98.3 Å². The Labute approximate surface area is 169 Å². The van der Waals surface area contributed by atoms with Crippen molar-refractivity contribution in [3.63, 3.8) is 0 Å². The SMILES string of the molecule is [2H]C1([2H])Oc2cnc(C#Cc3cnc(NC)c4cnc(NC(=O)C5CC5)cc34)cc2O1. The zero-order valence-electron chi connectivity index (χ0n) is 17.4. The molecule has 2 N–H and O–H groups in total. The third kappa shape index (κ3) is 3.38. The largest absolute Gasteiger partial charge is 0.453 e. The van der Waals surface area contributed by atoms with Gasteiger partial charge in [-0.25, -0.2) is 15.0 Å². The number of pyridine rings is 3. The van der Waals surface area contributed by atoms with Crippen LogP contribution in [0.15, 0.2) is 30.7 Å². The molecule has 3 aromatic heterocycles. The predicted octanol–water partition coefficient (Wildman–Crippen LogP) is 2.54. The molecule has 8 heteroatoms. The molecule has 1 aliphatic heterocycles. The van der Waals surface area contributed by atoms with E-state index in [1.807, 2.05) is 0 Å². The van der Waals surface area contributed by atoms with Crippen LogP contribution in [0.25, 0.3) is 10.8 Å². The van der Waals surface area contributed by atoms with Crippen LogP contribution in [0.4, 0.5) is 11.6 Å². The van der Waals surface area contributed by atoms with E-state index in [1.54, 1.807) is 25.5 Å². The summed E-state index contributed by atoms with van der Waals surface area (Å²) < 4.78 is 25.1. The number of nitrogens with one attached hydrogen (secondary N) is 2. The van der Waals surface area contributed by atoms with E-state index in [0.717, 1.165) is 23.6 Å². The fourth-order valence-electron chi connectivity index (χ4n) is 2.97. The number of hydrogen-bond donors (Lipinski definition) is 2. The van der Waals surface area contributed by atoms with Gasteiger partial charge >= 0.3 is 0 Å². The lowest BCUT2D eigenvalue weighted by Gasteiger charge is -2.09. The summed E-state index contributed by atoms with van der Waals surface area (Å²) in [5, 5.41) is 7.43. The molecule has 0 saturated heterocycles. The predicted molar refractivity (Wildman–Crippen MR) is 107 cm³/mol. The van der Waals surface area contributed by atoms with Crippen molar-refractivity contribution in [2.24, 2.45) is 5.92 Å². The maximum absolute atomic E-state index is 12.1. The van der Waals surface area contributed by atoms with Gasteiger partial charge in [-0.3, -0.25) is 4.79 Å². The molecule has 4 heterocycles. The molecule has 2 aliphatic rings. The number of rotatable bonds is 3. The highest BCUT2D eigenvalue weighted by atomic mass is 16.7. The molecule has 1 fully saturated rings. The molecule has 0 aromatic carbocycles. The van der Waals surface area contributed by atoms with Gasteiger partial charge in [0.25, 0.3) is 0 Å². The van der Waals surface area contributed by atoms with E-state index in [4.69, 9.17) is 12.2 Å². The van der Waals surface area contributed by atoms with E-state index in [9.17, 15) is 4.79 Å². The van der Waals surface area contributed by atoms with Crippen LogP contribution in [0.3, 0.4) is 0 Å². The summed E-state index contributed by atoms with van der Waals surface area (Å²) >= 11 is 0. The van der Waals surface area contributed by atoms with E-state index in [-0.39, 0.29) is 23.3 Å². The molecule has 144 valence electrons. The number of ether oxygens (including phenoxy) is 2. The van der Waals surface area contributed by atoms with E-state index >= 15 is 0 Å². The van der Waals surface area contributed by atoms with Gasteiger partial charge in [-0.05, 0) is 24.8 Å². The Hall–Kier alpha value is -3.86. The first-order valence-electron chi connectivity index (χ1n) is 10.1. The molecule has 1 amide bonds. The van der Waals surface area contributed by atoms with E-state index in [2.05, 4.69) is 37.4 Å². The molecule has 0 atom stereocenters. The molecule has 0 radical (unpaired) electrons. The van der Waals surface area contributed by atoms with Gasteiger partial charge in [0, 0.05) is 42.2 Å². The van der Waals surface area contributed by atoms with Gasteiger partial charge in [-0.2, -0.15) is 0 Å². The molecule has 1 aliphatic carbocycles. The first kappa shape index (κ1) is 15.1. The van der Waals surface area contributed by atoms with Gasteiger partial charge in [-0.1, -0.05) is 5.92 Å². The lowest BCUT2D eigenvalue weighted by Crippen LogP contribution is -2.14. The van der Waals surface area contributed by atoms with Crippen molar-refractivity contribution >= 4 is 28.3 Å². The average molecular weight is 389 g/mol. The molecule has 0 spiro atoms. The van der Waals surface area contributed by atoms with Crippen molar-refractivity contribution in [3.8, 4) is 23.3 Å². The Morgan fingerprint density at radius 1 is 1.10 bits per heavy atom. The molecule has 8 nitrogen and oxygen atoms in total. The number of nitrogens with zero attached hydrogens (tertiary/aromatic N) is 3. The fraction of sp³-hybridized carbons (Fsp3) is 0.238. The minimum atomic E-state index is -2.21. The molecule has 5 rings (SSSR count). The van der Waals surface area contributed by atoms with Crippen LogP contribution < -0.4 is 20.1 Å². The van der Waals surface area contributed by atoms with Crippen LogP contribution in [-0.2, 0) is 4.79 Å². The average Bonchev–Trinajstić information content (AvgIpc) is 3.54. The highest BCUT2D eigenvalue weighted by Gasteiger charge is 2.29. The number of hydrogen-bond acceptors (Lipinski definition) is 7. The minimum Gasteiger partial charge on any atom is -0.453 e. The molecular weight excluding hydrogens is 370 g/mol. The number of amides is 1. The summed E-state index contributed by atoms with van der Waals surface area (Å²) in [5.74, 6) is 7.63.